The topological polar surface area (TPSA) is 86.7 Å². The molecule has 0 aromatic rings. The molecule has 6 nitrogen and oxygen atoms in total. The minimum atomic E-state index is -0.856. The van der Waals surface area contributed by atoms with Crippen LogP contribution in [0.25, 0.3) is 0 Å². The van der Waals surface area contributed by atoms with E-state index in [4.69, 9.17) is 5.11 Å². The predicted octanol–water partition coefficient (Wildman–Crippen LogP) is 1.74. The van der Waals surface area contributed by atoms with Crippen LogP contribution in [-0.2, 0) is 9.59 Å². The lowest BCUT2D eigenvalue weighted by molar-refractivity contribution is -0.137. The summed E-state index contributed by atoms with van der Waals surface area (Å²) in [5, 5.41) is 11.3. The summed E-state index contributed by atoms with van der Waals surface area (Å²) in [5.41, 5.74) is -0.792. The maximum Gasteiger partial charge on any atom is 0.325 e. The molecule has 0 radical (unpaired) electrons. The van der Waals surface area contributed by atoms with Crippen LogP contribution in [0.4, 0.5) is 4.79 Å². The molecule has 2 N–H and O–H groups in total. The molecule has 1 aliphatic heterocycles. The SMILES string of the molecule is CCCCC1(C)NC(=O)N(CCCCC(=O)O)C1=O. The lowest BCUT2D eigenvalue weighted by Gasteiger charge is -2.21. The third-order valence-corrected chi connectivity index (χ3v) is 3.40. The van der Waals surface area contributed by atoms with Crippen LogP contribution < -0.4 is 5.32 Å². The number of aliphatic carboxylic acids is 1. The maximum absolute atomic E-state index is 12.2. The minimum Gasteiger partial charge on any atom is -0.481 e. The van der Waals surface area contributed by atoms with Crippen LogP contribution in [0.3, 0.4) is 0 Å². The first-order valence-electron chi connectivity index (χ1n) is 6.76. The normalized spacial score (nSPS) is 22.7. The molecule has 1 saturated heterocycles. The van der Waals surface area contributed by atoms with Gasteiger partial charge < -0.3 is 10.4 Å². The van der Waals surface area contributed by atoms with Gasteiger partial charge in [0.25, 0.3) is 5.91 Å². The quantitative estimate of drug-likeness (QED) is 0.519. The number of urea groups is 1. The molecular formula is C13H22N2O4. The number of amides is 3. The average Bonchev–Trinajstić information content (AvgIpc) is 2.55. The molecule has 0 saturated carbocycles. The second-order valence-corrected chi connectivity index (χ2v) is 5.17. The highest BCUT2D eigenvalue weighted by atomic mass is 16.4. The third kappa shape index (κ3) is 3.94. The predicted molar refractivity (Wildman–Crippen MR) is 69.7 cm³/mol. The van der Waals surface area contributed by atoms with Crippen LogP contribution in [0.5, 0.6) is 0 Å². The van der Waals surface area contributed by atoms with E-state index >= 15 is 0 Å². The van der Waals surface area contributed by atoms with E-state index in [0.29, 0.717) is 25.8 Å². The van der Waals surface area contributed by atoms with Gasteiger partial charge in [-0.05, 0) is 26.2 Å². The molecule has 1 rings (SSSR count). The summed E-state index contributed by atoms with van der Waals surface area (Å²) < 4.78 is 0. The second kappa shape index (κ2) is 6.54. The van der Waals surface area contributed by atoms with Crippen molar-refractivity contribution in [2.24, 2.45) is 0 Å². The van der Waals surface area contributed by atoms with Crippen LogP contribution in [0.2, 0.25) is 0 Å². The number of rotatable bonds is 8. The second-order valence-electron chi connectivity index (χ2n) is 5.17. The minimum absolute atomic E-state index is 0.0662. The van der Waals surface area contributed by atoms with E-state index in [-0.39, 0.29) is 18.4 Å². The molecule has 1 atom stereocenters. The molecule has 6 heteroatoms. The average molecular weight is 270 g/mol. The molecule has 0 aliphatic carbocycles. The zero-order valence-corrected chi connectivity index (χ0v) is 11.6. The van der Waals surface area contributed by atoms with Crippen molar-refractivity contribution >= 4 is 17.9 Å². The number of imide groups is 1. The van der Waals surface area contributed by atoms with Gasteiger partial charge in [-0.2, -0.15) is 0 Å². The van der Waals surface area contributed by atoms with E-state index in [1.165, 1.54) is 4.90 Å². The molecule has 19 heavy (non-hydrogen) atoms. The van der Waals surface area contributed by atoms with Gasteiger partial charge in [-0.25, -0.2) is 4.79 Å². The van der Waals surface area contributed by atoms with Gasteiger partial charge in [0, 0.05) is 13.0 Å². The van der Waals surface area contributed by atoms with E-state index in [0.717, 1.165) is 12.8 Å². The Morgan fingerprint density at radius 3 is 2.58 bits per heavy atom. The van der Waals surface area contributed by atoms with Crippen LogP contribution in [-0.4, -0.2) is 40.0 Å². The van der Waals surface area contributed by atoms with Gasteiger partial charge in [-0.3, -0.25) is 14.5 Å². The number of carboxylic acids is 1. The molecule has 0 aromatic heterocycles. The Hall–Kier alpha value is -1.59. The summed E-state index contributed by atoms with van der Waals surface area (Å²) in [6.07, 6.45) is 3.55. The number of carbonyl (C=O) groups excluding carboxylic acids is 2. The molecule has 1 unspecified atom stereocenters. The highest BCUT2D eigenvalue weighted by molar-refractivity contribution is 6.06. The number of hydrogen-bond donors (Lipinski definition) is 2. The van der Waals surface area contributed by atoms with Crippen molar-refractivity contribution in [2.75, 3.05) is 6.54 Å². The summed E-state index contributed by atoms with van der Waals surface area (Å²) in [6.45, 7) is 4.08. The van der Waals surface area contributed by atoms with Gasteiger partial charge in [-0.15, -0.1) is 0 Å². The van der Waals surface area contributed by atoms with Crippen LogP contribution >= 0.6 is 0 Å². The summed E-state index contributed by atoms with van der Waals surface area (Å²) in [4.78, 5) is 35.6. The highest BCUT2D eigenvalue weighted by Gasteiger charge is 2.46. The van der Waals surface area contributed by atoms with Gasteiger partial charge in [0.05, 0.1) is 0 Å². The molecule has 3 amide bonds. The number of nitrogens with zero attached hydrogens (tertiary/aromatic N) is 1. The third-order valence-electron chi connectivity index (χ3n) is 3.40. The summed E-state index contributed by atoms with van der Waals surface area (Å²) in [6, 6.07) is -0.362. The fourth-order valence-corrected chi connectivity index (χ4v) is 2.20. The van der Waals surface area contributed by atoms with Gasteiger partial charge in [0.2, 0.25) is 0 Å². The molecule has 1 aliphatic rings. The molecule has 0 aromatic carbocycles. The van der Waals surface area contributed by atoms with Crippen molar-refractivity contribution in [3.8, 4) is 0 Å². The number of nitrogens with one attached hydrogen (secondary N) is 1. The van der Waals surface area contributed by atoms with Crippen molar-refractivity contribution in [1.29, 1.82) is 0 Å². The number of carboxylic acid groups (broad SMARTS) is 1. The monoisotopic (exact) mass is 270 g/mol. The van der Waals surface area contributed by atoms with Crippen LogP contribution in [0.15, 0.2) is 0 Å². The Balaban J connectivity index is 2.49. The molecule has 108 valence electrons. The molecular weight excluding hydrogens is 248 g/mol. The molecule has 1 fully saturated rings. The van der Waals surface area contributed by atoms with E-state index in [1.807, 2.05) is 6.92 Å². The highest BCUT2D eigenvalue weighted by Crippen LogP contribution is 2.23. The number of carbonyl (C=O) groups is 3. The van der Waals surface area contributed by atoms with Gasteiger partial charge in [-0.1, -0.05) is 19.8 Å². The van der Waals surface area contributed by atoms with Gasteiger partial charge in [0.15, 0.2) is 0 Å². The zero-order chi connectivity index (χ0) is 14.5. The van der Waals surface area contributed by atoms with Crippen LogP contribution in [0, 0.1) is 0 Å². The number of hydrogen-bond acceptors (Lipinski definition) is 3. The van der Waals surface area contributed by atoms with E-state index in [9.17, 15) is 14.4 Å². The van der Waals surface area contributed by atoms with Gasteiger partial charge >= 0.3 is 12.0 Å². The molecule has 0 bridgehead atoms. The Labute approximate surface area is 113 Å². The van der Waals surface area contributed by atoms with Crippen molar-refractivity contribution in [1.82, 2.24) is 10.2 Å². The van der Waals surface area contributed by atoms with E-state index in [2.05, 4.69) is 5.32 Å². The Bertz CT molecular complexity index is 370. The Morgan fingerprint density at radius 2 is 2.00 bits per heavy atom. The standard InChI is InChI=1S/C13H22N2O4/c1-3-4-8-13(2)11(18)15(12(19)14-13)9-6-5-7-10(16)17/h3-9H2,1-2H3,(H,14,19)(H,16,17). The first-order chi connectivity index (χ1) is 8.90. The zero-order valence-electron chi connectivity index (χ0n) is 11.6. The number of unbranched alkanes of at least 4 members (excludes halogenated alkanes) is 2. The van der Waals surface area contributed by atoms with Crippen LogP contribution in [0.1, 0.15) is 52.4 Å². The van der Waals surface area contributed by atoms with E-state index in [1.54, 1.807) is 6.92 Å². The fraction of sp³-hybridized carbons (Fsp3) is 0.769. The van der Waals surface area contributed by atoms with Crippen molar-refractivity contribution in [3.05, 3.63) is 0 Å². The largest absolute Gasteiger partial charge is 0.481 e. The fourth-order valence-electron chi connectivity index (χ4n) is 2.20. The van der Waals surface area contributed by atoms with E-state index < -0.39 is 11.5 Å². The van der Waals surface area contributed by atoms with Crippen molar-refractivity contribution < 1.29 is 19.5 Å². The molecule has 1 heterocycles. The first-order valence-corrected chi connectivity index (χ1v) is 6.76. The summed E-state index contributed by atoms with van der Waals surface area (Å²) >= 11 is 0. The van der Waals surface area contributed by atoms with Gasteiger partial charge in [0.1, 0.15) is 5.54 Å². The van der Waals surface area contributed by atoms with Crippen molar-refractivity contribution in [3.63, 3.8) is 0 Å². The van der Waals surface area contributed by atoms with Crippen molar-refractivity contribution in [2.45, 2.75) is 57.9 Å². The summed E-state index contributed by atoms with van der Waals surface area (Å²) in [7, 11) is 0. The lowest BCUT2D eigenvalue weighted by atomic mass is 9.95. The summed E-state index contributed by atoms with van der Waals surface area (Å²) in [5.74, 6) is -1.05. The Morgan fingerprint density at radius 1 is 1.32 bits per heavy atom. The molecule has 0 spiro atoms. The maximum atomic E-state index is 12.2. The lowest BCUT2D eigenvalue weighted by Crippen LogP contribution is -2.43. The Kier molecular flexibility index (Phi) is 5.32. The smallest absolute Gasteiger partial charge is 0.325 e. The first kappa shape index (κ1) is 15.5.